The number of halogens is 2. The summed E-state index contributed by atoms with van der Waals surface area (Å²) in [5.74, 6) is 0. The summed E-state index contributed by atoms with van der Waals surface area (Å²) in [6.07, 6.45) is -1.64. The molecule has 0 bridgehead atoms. The molecule has 1 aromatic carbocycles. The van der Waals surface area contributed by atoms with Gasteiger partial charge in [0.15, 0.2) is 0 Å². The van der Waals surface area contributed by atoms with Crippen molar-refractivity contribution in [2.75, 3.05) is 0 Å². The van der Waals surface area contributed by atoms with Gasteiger partial charge in [-0.2, -0.15) is 20.1 Å². The second kappa shape index (κ2) is 4.36. The zero-order valence-electron chi connectivity index (χ0n) is 7.78. The maximum Gasteiger partial charge on any atom is 0.278 e. The lowest BCUT2D eigenvalue weighted by Gasteiger charge is -2.03. The molecular formula is C12H8F2S. The van der Waals surface area contributed by atoms with Crippen LogP contribution >= 0.6 is 11.3 Å². The molecule has 0 atom stereocenters. The molecule has 76 valence electrons. The van der Waals surface area contributed by atoms with Crippen LogP contribution in [0.5, 0.6) is 0 Å². The summed E-state index contributed by atoms with van der Waals surface area (Å²) >= 11 is 1.41. The van der Waals surface area contributed by atoms with Gasteiger partial charge >= 0.3 is 0 Å². The van der Waals surface area contributed by atoms with Gasteiger partial charge < -0.3 is 0 Å². The molecule has 0 amide bonds. The lowest BCUT2D eigenvalue weighted by molar-refractivity contribution is 0.426. The fourth-order valence-corrected chi connectivity index (χ4v) is 2.04. The molecule has 2 rings (SSSR count). The van der Waals surface area contributed by atoms with Crippen molar-refractivity contribution in [2.45, 2.75) is 0 Å². The normalized spacial score (nSPS) is 10.0. The van der Waals surface area contributed by atoms with E-state index < -0.39 is 6.08 Å². The smallest absolute Gasteiger partial charge is 0.173 e. The van der Waals surface area contributed by atoms with E-state index in [-0.39, 0.29) is 5.57 Å². The number of benzene rings is 1. The first-order valence-electron chi connectivity index (χ1n) is 4.42. The van der Waals surface area contributed by atoms with E-state index in [2.05, 4.69) is 0 Å². The van der Waals surface area contributed by atoms with E-state index in [1.807, 2.05) is 6.07 Å². The molecule has 0 unspecified atom stereocenters. The molecule has 0 aliphatic carbocycles. The Kier molecular flexibility index (Phi) is 2.92. The fourth-order valence-electron chi connectivity index (χ4n) is 1.40. The van der Waals surface area contributed by atoms with E-state index in [9.17, 15) is 8.78 Å². The first-order valence-corrected chi connectivity index (χ1v) is 5.36. The number of hydrogen-bond donors (Lipinski definition) is 0. The fraction of sp³-hybridized carbons (Fsp3) is 0. The third-order valence-corrected chi connectivity index (χ3v) is 2.74. The number of thiophene rings is 1. The predicted molar refractivity (Wildman–Crippen MR) is 59.0 cm³/mol. The molecule has 1 aromatic heterocycles. The Morgan fingerprint density at radius 2 is 1.67 bits per heavy atom. The zero-order chi connectivity index (χ0) is 10.7. The zero-order valence-corrected chi connectivity index (χ0v) is 8.60. The summed E-state index contributed by atoms with van der Waals surface area (Å²) in [5.41, 5.74) is 1.15. The van der Waals surface area contributed by atoms with Crippen LogP contribution < -0.4 is 0 Å². The molecule has 0 saturated carbocycles. The van der Waals surface area contributed by atoms with Crippen molar-refractivity contribution in [3.05, 3.63) is 64.4 Å². The Labute approximate surface area is 90.5 Å². The first-order chi connectivity index (χ1) is 7.29. The summed E-state index contributed by atoms with van der Waals surface area (Å²) < 4.78 is 25.7. The molecule has 0 saturated heterocycles. The molecule has 0 N–H and O–H groups in total. The average Bonchev–Trinajstić information content (AvgIpc) is 2.72. The van der Waals surface area contributed by atoms with Gasteiger partial charge in [0, 0.05) is 0 Å². The number of hydrogen-bond acceptors (Lipinski definition) is 1. The Balaban J connectivity index is 2.53. The van der Waals surface area contributed by atoms with Gasteiger partial charge in [-0.1, -0.05) is 30.3 Å². The highest BCUT2D eigenvalue weighted by Crippen LogP contribution is 2.29. The molecule has 0 spiro atoms. The minimum absolute atomic E-state index is 0.0249. The molecule has 0 fully saturated rings. The maximum absolute atomic E-state index is 12.8. The average molecular weight is 222 g/mol. The molecule has 1 heterocycles. The largest absolute Gasteiger partial charge is 0.278 e. The van der Waals surface area contributed by atoms with Gasteiger partial charge in [0.25, 0.3) is 6.08 Å². The molecule has 2 aromatic rings. The lowest BCUT2D eigenvalue weighted by Crippen LogP contribution is -1.86. The van der Waals surface area contributed by atoms with Gasteiger partial charge in [0.1, 0.15) is 0 Å². The molecule has 15 heavy (non-hydrogen) atoms. The molecule has 0 aliphatic heterocycles. The van der Waals surface area contributed by atoms with E-state index in [0.717, 1.165) is 0 Å². The molecule has 3 heteroatoms. The summed E-state index contributed by atoms with van der Waals surface area (Å²) in [6, 6.07) is 10.4. The van der Waals surface area contributed by atoms with Gasteiger partial charge in [-0.05, 0) is 28.0 Å². The SMILES string of the molecule is FC(F)=C(c1ccccc1)c1ccsc1. The minimum Gasteiger partial charge on any atom is -0.173 e. The van der Waals surface area contributed by atoms with Crippen LogP contribution in [0.25, 0.3) is 5.57 Å². The van der Waals surface area contributed by atoms with E-state index in [1.54, 1.807) is 41.1 Å². The van der Waals surface area contributed by atoms with Crippen LogP contribution in [0.2, 0.25) is 0 Å². The van der Waals surface area contributed by atoms with Crippen LogP contribution in [-0.2, 0) is 0 Å². The Bertz CT molecular complexity index is 454. The Morgan fingerprint density at radius 1 is 0.933 bits per heavy atom. The quantitative estimate of drug-likeness (QED) is 0.706. The Morgan fingerprint density at radius 3 is 2.20 bits per heavy atom. The summed E-state index contributed by atoms with van der Waals surface area (Å²) in [7, 11) is 0. The van der Waals surface area contributed by atoms with Crippen molar-refractivity contribution in [2.24, 2.45) is 0 Å². The van der Waals surface area contributed by atoms with Crippen molar-refractivity contribution >= 4 is 16.9 Å². The second-order valence-electron chi connectivity index (χ2n) is 3.01. The van der Waals surface area contributed by atoms with Crippen molar-refractivity contribution in [3.63, 3.8) is 0 Å². The summed E-state index contributed by atoms with van der Waals surface area (Å²) in [4.78, 5) is 0. The Hall–Kier alpha value is -1.48. The third-order valence-electron chi connectivity index (χ3n) is 2.06. The van der Waals surface area contributed by atoms with Gasteiger partial charge in [-0.3, -0.25) is 0 Å². The van der Waals surface area contributed by atoms with Crippen molar-refractivity contribution < 1.29 is 8.78 Å². The monoisotopic (exact) mass is 222 g/mol. The summed E-state index contributed by atoms with van der Waals surface area (Å²) in [6.45, 7) is 0. The minimum atomic E-state index is -1.64. The summed E-state index contributed by atoms with van der Waals surface area (Å²) in [5, 5.41) is 3.52. The van der Waals surface area contributed by atoms with Crippen LogP contribution in [0.3, 0.4) is 0 Å². The van der Waals surface area contributed by atoms with Crippen LogP contribution in [0.4, 0.5) is 8.78 Å². The number of rotatable bonds is 2. The van der Waals surface area contributed by atoms with Crippen LogP contribution in [-0.4, -0.2) is 0 Å². The highest BCUT2D eigenvalue weighted by atomic mass is 32.1. The van der Waals surface area contributed by atoms with Crippen LogP contribution in [0.1, 0.15) is 11.1 Å². The van der Waals surface area contributed by atoms with E-state index in [1.165, 1.54) is 11.3 Å². The molecule has 0 nitrogen and oxygen atoms in total. The molecular weight excluding hydrogens is 214 g/mol. The highest BCUT2D eigenvalue weighted by Gasteiger charge is 2.11. The highest BCUT2D eigenvalue weighted by molar-refractivity contribution is 7.08. The first kappa shape index (κ1) is 10.1. The van der Waals surface area contributed by atoms with Crippen LogP contribution in [0.15, 0.2) is 53.2 Å². The van der Waals surface area contributed by atoms with Gasteiger partial charge in [-0.15, -0.1) is 0 Å². The van der Waals surface area contributed by atoms with E-state index in [4.69, 9.17) is 0 Å². The van der Waals surface area contributed by atoms with Gasteiger partial charge in [-0.25, -0.2) is 0 Å². The van der Waals surface area contributed by atoms with Crippen LogP contribution in [0, 0.1) is 0 Å². The molecule has 0 aliphatic rings. The topological polar surface area (TPSA) is 0 Å². The van der Waals surface area contributed by atoms with Gasteiger partial charge in [0.2, 0.25) is 0 Å². The standard InChI is InChI=1S/C12H8F2S/c13-12(14)11(10-6-7-15-8-10)9-4-2-1-3-5-9/h1-8H. The second-order valence-corrected chi connectivity index (χ2v) is 3.79. The maximum atomic E-state index is 12.8. The third kappa shape index (κ3) is 2.13. The van der Waals surface area contributed by atoms with Gasteiger partial charge in [0.05, 0.1) is 5.57 Å². The van der Waals surface area contributed by atoms with E-state index in [0.29, 0.717) is 11.1 Å². The predicted octanol–water partition coefficient (Wildman–Crippen LogP) is 4.40. The van der Waals surface area contributed by atoms with Crippen molar-refractivity contribution in [1.82, 2.24) is 0 Å². The lowest BCUT2D eigenvalue weighted by atomic mass is 10.0. The van der Waals surface area contributed by atoms with Crippen molar-refractivity contribution in [3.8, 4) is 0 Å². The van der Waals surface area contributed by atoms with Crippen molar-refractivity contribution in [1.29, 1.82) is 0 Å². The van der Waals surface area contributed by atoms with E-state index >= 15 is 0 Å². The molecule has 0 radical (unpaired) electrons.